The summed E-state index contributed by atoms with van der Waals surface area (Å²) in [6.07, 6.45) is 1.04. The molecule has 0 aliphatic rings. The average molecular weight is 356 g/mol. The Hall–Kier alpha value is -0.540. The van der Waals surface area contributed by atoms with Gasteiger partial charge in [-0.05, 0) is 54.0 Å². The van der Waals surface area contributed by atoms with Crippen molar-refractivity contribution in [1.29, 1.82) is 0 Å². The van der Waals surface area contributed by atoms with Gasteiger partial charge in [-0.1, -0.05) is 50.5 Å². The first kappa shape index (κ1) is 18.5. The smallest absolute Gasteiger partial charge is 0.119 e. The van der Waals surface area contributed by atoms with Gasteiger partial charge < -0.3 is 10.1 Å². The molecule has 0 heterocycles. The third-order valence-electron chi connectivity index (χ3n) is 4.32. The molecule has 0 spiro atoms. The Morgan fingerprint density at radius 3 is 2.43 bits per heavy atom. The van der Waals surface area contributed by atoms with Gasteiger partial charge in [0.2, 0.25) is 0 Å². The number of halogens is 1. The van der Waals surface area contributed by atoms with Crippen LogP contribution in [0.5, 0.6) is 5.75 Å². The largest absolute Gasteiger partial charge is 0.497 e. The van der Waals surface area contributed by atoms with Crippen LogP contribution in [0.2, 0.25) is 0 Å². The van der Waals surface area contributed by atoms with Crippen LogP contribution in [0.4, 0.5) is 0 Å². The van der Waals surface area contributed by atoms with E-state index in [1.54, 1.807) is 7.11 Å². The van der Waals surface area contributed by atoms with E-state index in [9.17, 15) is 0 Å². The quantitative estimate of drug-likeness (QED) is 0.715. The van der Waals surface area contributed by atoms with E-state index >= 15 is 0 Å². The van der Waals surface area contributed by atoms with Gasteiger partial charge in [-0.2, -0.15) is 0 Å². The van der Waals surface area contributed by atoms with Crippen LogP contribution in [0.3, 0.4) is 0 Å². The highest BCUT2D eigenvalue weighted by Gasteiger charge is 2.29. The lowest BCUT2D eigenvalue weighted by molar-refractivity contribution is 0.204. The van der Waals surface area contributed by atoms with E-state index in [1.807, 2.05) is 6.07 Å². The van der Waals surface area contributed by atoms with Crippen molar-refractivity contribution in [3.8, 4) is 5.75 Å². The van der Waals surface area contributed by atoms with E-state index in [0.29, 0.717) is 11.8 Å². The molecule has 3 heteroatoms. The van der Waals surface area contributed by atoms with Crippen molar-refractivity contribution < 1.29 is 4.74 Å². The first-order chi connectivity index (χ1) is 9.78. The number of ether oxygens (including phenoxy) is 1. The SMILES string of the molecule is COc1ccc(Br)c(CC(C)(CNCC(C)C)C(C)C)c1. The van der Waals surface area contributed by atoms with Crippen LogP contribution in [-0.4, -0.2) is 20.2 Å². The van der Waals surface area contributed by atoms with Crippen molar-refractivity contribution in [3.05, 3.63) is 28.2 Å². The molecular weight excluding hydrogens is 326 g/mol. The van der Waals surface area contributed by atoms with E-state index in [2.05, 4.69) is 68.0 Å². The predicted octanol–water partition coefficient (Wildman–Crippen LogP) is 4.91. The van der Waals surface area contributed by atoms with Crippen LogP contribution in [0.1, 0.15) is 40.2 Å². The van der Waals surface area contributed by atoms with E-state index in [0.717, 1.165) is 25.3 Å². The summed E-state index contributed by atoms with van der Waals surface area (Å²) in [4.78, 5) is 0. The van der Waals surface area contributed by atoms with Crippen LogP contribution in [0.15, 0.2) is 22.7 Å². The molecule has 2 nitrogen and oxygen atoms in total. The van der Waals surface area contributed by atoms with Crippen LogP contribution in [0, 0.1) is 17.3 Å². The Balaban J connectivity index is 2.86. The van der Waals surface area contributed by atoms with Gasteiger partial charge in [0.05, 0.1) is 7.11 Å². The van der Waals surface area contributed by atoms with Crippen molar-refractivity contribution in [3.63, 3.8) is 0 Å². The number of nitrogens with one attached hydrogen (secondary N) is 1. The normalized spacial score (nSPS) is 14.5. The summed E-state index contributed by atoms with van der Waals surface area (Å²) in [6.45, 7) is 13.6. The molecule has 0 aliphatic heterocycles. The van der Waals surface area contributed by atoms with Crippen molar-refractivity contribution >= 4 is 15.9 Å². The molecule has 1 atom stereocenters. The number of hydrogen-bond donors (Lipinski definition) is 1. The molecule has 0 fully saturated rings. The molecule has 0 aliphatic carbocycles. The summed E-state index contributed by atoms with van der Waals surface area (Å²) in [6, 6.07) is 6.22. The number of methoxy groups -OCH3 is 1. The molecule has 1 rings (SSSR count). The average Bonchev–Trinajstić information content (AvgIpc) is 2.40. The first-order valence-corrected chi connectivity index (χ1v) is 8.61. The van der Waals surface area contributed by atoms with Crippen molar-refractivity contribution in [2.75, 3.05) is 20.2 Å². The van der Waals surface area contributed by atoms with E-state index in [4.69, 9.17) is 4.74 Å². The van der Waals surface area contributed by atoms with Gasteiger partial charge in [-0.15, -0.1) is 0 Å². The summed E-state index contributed by atoms with van der Waals surface area (Å²) in [5.41, 5.74) is 1.54. The fraction of sp³-hybridized carbons (Fsp3) is 0.667. The van der Waals surface area contributed by atoms with Crippen LogP contribution in [-0.2, 0) is 6.42 Å². The van der Waals surface area contributed by atoms with E-state index < -0.39 is 0 Å². The molecule has 1 aromatic carbocycles. The van der Waals surface area contributed by atoms with Gasteiger partial charge in [0.1, 0.15) is 5.75 Å². The lowest BCUT2D eigenvalue weighted by atomic mass is 9.74. The highest BCUT2D eigenvalue weighted by Crippen LogP contribution is 2.34. The molecule has 21 heavy (non-hydrogen) atoms. The zero-order valence-electron chi connectivity index (χ0n) is 14.3. The molecule has 1 N–H and O–H groups in total. The zero-order chi connectivity index (χ0) is 16.0. The molecule has 0 saturated heterocycles. The standard InChI is InChI=1S/C18H30BrNO/c1-13(2)11-20-12-18(5,14(3)4)10-15-9-16(21-6)7-8-17(15)19/h7-9,13-14,20H,10-12H2,1-6H3. The Bertz CT molecular complexity index is 445. The second-order valence-electron chi connectivity index (χ2n) is 6.97. The van der Waals surface area contributed by atoms with Gasteiger partial charge >= 0.3 is 0 Å². The molecule has 0 saturated carbocycles. The van der Waals surface area contributed by atoms with E-state index in [1.165, 1.54) is 10.0 Å². The summed E-state index contributed by atoms with van der Waals surface area (Å²) in [5.74, 6) is 2.22. The molecule has 1 unspecified atom stereocenters. The van der Waals surface area contributed by atoms with Gasteiger partial charge in [-0.3, -0.25) is 0 Å². The highest BCUT2D eigenvalue weighted by molar-refractivity contribution is 9.10. The fourth-order valence-electron chi connectivity index (χ4n) is 2.37. The molecule has 0 aromatic heterocycles. The Kier molecular flexibility index (Phi) is 7.22. The van der Waals surface area contributed by atoms with Crippen molar-refractivity contribution in [2.45, 2.75) is 41.0 Å². The van der Waals surface area contributed by atoms with Crippen molar-refractivity contribution in [1.82, 2.24) is 5.32 Å². The molecule has 0 radical (unpaired) electrons. The Labute approximate surface area is 138 Å². The minimum Gasteiger partial charge on any atom is -0.497 e. The molecule has 1 aromatic rings. The topological polar surface area (TPSA) is 21.3 Å². The summed E-state index contributed by atoms with van der Waals surface area (Å²) in [5, 5.41) is 3.63. The third kappa shape index (κ3) is 5.63. The number of benzene rings is 1. The van der Waals surface area contributed by atoms with Gasteiger partial charge in [0.25, 0.3) is 0 Å². The number of rotatable bonds is 8. The minimum absolute atomic E-state index is 0.226. The van der Waals surface area contributed by atoms with Gasteiger partial charge in [0.15, 0.2) is 0 Å². The molecule has 120 valence electrons. The predicted molar refractivity (Wildman–Crippen MR) is 95.1 cm³/mol. The fourth-order valence-corrected chi connectivity index (χ4v) is 2.75. The maximum absolute atomic E-state index is 5.36. The van der Waals surface area contributed by atoms with Crippen LogP contribution in [0.25, 0.3) is 0 Å². The maximum Gasteiger partial charge on any atom is 0.119 e. The summed E-state index contributed by atoms with van der Waals surface area (Å²) < 4.78 is 6.53. The zero-order valence-corrected chi connectivity index (χ0v) is 15.9. The maximum atomic E-state index is 5.36. The Morgan fingerprint density at radius 1 is 1.24 bits per heavy atom. The first-order valence-electron chi connectivity index (χ1n) is 7.81. The molecular formula is C18H30BrNO. The van der Waals surface area contributed by atoms with E-state index in [-0.39, 0.29) is 5.41 Å². The lowest BCUT2D eigenvalue weighted by Crippen LogP contribution is -2.39. The third-order valence-corrected chi connectivity index (χ3v) is 5.10. The summed E-state index contributed by atoms with van der Waals surface area (Å²) in [7, 11) is 1.72. The second kappa shape index (κ2) is 8.19. The van der Waals surface area contributed by atoms with Crippen molar-refractivity contribution in [2.24, 2.45) is 17.3 Å². The second-order valence-corrected chi connectivity index (χ2v) is 7.82. The molecule has 0 amide bonds. The van der Waals surface area contributed by atoms with Gasteiger partial charge in [-0.25, -0.2) is 0 Å². The minimum atomic E-state index is 0.226. The summed E-state index contributed by atoms with van der Waals surface area (Å²) >= 11 is 3.68. The lowest BCUT2D eigenvalue weighted by Gasteiger charge is -2.35. The molecule has 0 bridgehead atoms. The van der Waals surface area contributed by atoms with Crippen LogP contribution >= 0.6 is 15.9 Å². The number of hydrogen-bond acceptors (Lipinski definition) is 2. The Morgan fingerprint density at radius 2 is 1.90 bits per heavy atom. The van der Waals surface area contributed by atoms with Crippen LogP contribution < -0.4 is 10.1 Å². The monoisotopic (exact) mass is 355 g/mol. The highest BCUT2D eigenvalue weighted by atomic mass is 79.9. The van der Waals surface area contributed by atoms with Gasteiger partial charge in [0, 0.05) is 11.0 Å².